The number of nitrogens with zero attached hydrogens (tertiary/aromatic N) is 16. The second-order valence-electron chi connectivity index (χ2n) is 31.3. The monoisotopic (exact) mass is 1840 g/mol. The first-order valence-corrected chi connectivity index (χ1v) is 44.6. The number of furan rings is 1. The minimum Gasteiger partial charge on any atom is -0.508 e. The van der Waals surface area contributed by atoms with E-state index in [0.717, 1.165) is 101 Å². The van der Waals surface area contributed by atoms with Crippen molar-refractivity contribution in [1.82, 2.24) is 54.2 Å². The van der Waals surface area contributed by atoms with Gasteiger partial charge in [-0.2, -0.15) is 15.0 Å². The van der Waals surface area contributed by atoms with Crippen molar-refractivity contribution in [2.45, 2.75) is 26.3 Å². The molecule has 6 saturated heterocycles. The molecule has 1 atom stereocenters. The number of thiocarbonyl (C=S) groups is 1. The number of pyridine rings is 2. The standard InChI is InChI=1S/C21H24N4O2.C19H21F2N7O2.C19H16N4O3.C19H17NO3.C18H11ClN2O3S2/c1-15-12-18(16(2)22-17-6-4-3-5-7-17)21-23-19(13-20(26)25(21)14-15)24-8-10-27-11-9-24;20-15(21)16-22-13-3-1-2-4-14(13)28(16)19-24-17(26-5-9-29-10-6-26)23-18(25-19)27-7-11-30-12-8-27;24-13-4-1-3-12(11-13)17-21-15-14-5-2-6-20-19(14)26-16(15)18(22-17)23-7-9-25-10-8-23;21-17-13-18(20-9-11-22-12-10-20)23-19-15(7-4-8-16(17)19)14-5-2-1-3-6-14;19-11-2-4-12(5-3-11)21-13-7-10(1-6-14(13)24-9-16(21)22)8-15-17(23)20-18(25)26-15/h3-7,12-14,16,22H,8-11H2,1-2H3;1-4,15H,5-12H2;1-6,11,24H,7-10H2;1-8,13H,9-12H2;1-8H,9H2,(H,20,23,25)/b;;;;15-8-. The number of anilines is 8. The Morgan fingerprint density at radius 1 is 0.583 bits per heavy atom. The average molecular weight is 1840 g/mol. The summed E-state index contributed by atoms with van der Waals surface area (Å²) >= 11 is 12.2. The molecule has 8 aromatic heterocycles. The maximum absolute atomic E-state index is 13.9. The summed E-state index contributed by atoms with van der Waals surface area (Å²) in [4.78, 5) is 98.5. The maximum Gasteiger partial charge on any atom is 0.296 e. The summed E-state index contributed by atoms with van der Waals surface area (Å²) in [5, 5.41) is 18.0. The van der Waals surface area contributed by atoms with Crippen LogP contribution in [-0.2, 0) is 33.3 Å². The number of para-hydroxylation sites is 4. The largest absolute Gasteiger partial charge is 0.508 e. The molecule has 0 saturated carbocycles. The first kappa shape index (κ1) is 88.7. The van der Waals surface area contributed by atoms with Crippen molar-refractivity contribution >= 4 is 154 Å². The SMILES string of the molecule is Cc1cc(C(C)Nc2ccccc2)c2nc(N3CCOCC3)cc(=O)n2c1.FC(F)c1nc2ccccc2n1-c1nc(N2CCOCC2)nc(N2CCOCC2)n1.O=C1NC(=S)S/C1=C\c1ccc2c(c1)N(c1ccc(Cl)cc1)C(=O)CO2.O=c1cc(N2CCOCC2)oc2c(-c3ccccc3)cccc12.Oc1cccc(-c2nc(N3CCOCC3)c3oc4ncccc4c3n2)c1. The Balaban J connectivity index is 0.000000111. The molecular weight excluding hydrogens is 1750 g/mol. The van der Waals surface area contributed by atoms with Gasteiger partial charge in [0.25, 0.3) is 23.8 Å². The van der Waals surface area contributed by atoms with E-state index in [9.17, 15) is 33.1 Å². The summed E-state index contributed by atoms with van der Waals surface area (Å²) in [6, 6.07) is 61.2. The minimum absolute atomic E-state index is 0.00846. The number of rotatable bonds is 14. The normalized spacial score (nSPS) is 16.4. The van der Waals surface area contributed by atoms with E-state index in [2.05, 4.69) is 63.2 Å². The van der Waals surface area contributed by atoms with Gasteiger partial charge in [-0.05, 0) is 134 Å². The highest BCUT2D eigenvalue weighted by Gasteiger charge is 2.32. The van der Waals surface area contributed by atoms with Crippen LogP contribution in [0.4, 0.5) is 55.3 Å². The molecule has 7 aromatic carbocycles. The highest BCUT2D eigenvalue weighted by molar-refractivity contribution is 8.26. The van der Waals surface area contributed by atoms with Gasteiger partial charge < -0.3 is 77.5 Å². The van der Waals surface area contributed by atoms with E-state index in [4.69, 9.17) is 76.0 Å². The number of aromatic nitrogens is 10. The number of halogens is 3. The second kappa shape index (κ2) is 40.6. The Bertz CT molecular complexity index is 6860. The van der Waals surface area contributed by atoms with Gasteiger partial charge in [0.1, 0.15) is 38.4 Å². The maximum atomic E-state index is 13.9. The Morgan fingerprint density at radius 3 is 1.87 bits per heavy atom. The van der Waals surface area contributed by atoms with E-state index < -0.39 is 6.43 Å². The molecule has 22 rings (SSSR count). The number of hydrogen-bond acceptors (Lipinski definition) is 29. The third-order valence-corrected chi connectivity index (χ3v) is 23.9. The summed E-state index contributed by atoms with van der Waals surface area (Å²) in [5.41, 5.74) is 12.1. The molecule has 6 fully saturated rings. The minimum atomic E-state index is -2.77. The second-order valence-corrected chi connectivity index (χ2v) is 33.5. The number of alkyl halides is 2. The summed E-state index contributed by atoms with van der Waals surface area (Å²) in [6.45, 7) is 17.1. The van der Waals surface area contributed by atoms with Crippen LogP contribution in [0.15, 0.2) is 236 Å². The third-order valence-electron chi connectivity index (χ3n) is 22.5. The zero-order chi connectivity index (χ0) is 90.7. The molecule has 0 radical (unpaired) electrons. The molecule has 15 heterocycles. The number of fused-ring (bicyclic) bond motifs is 7. The number of thioether (sulfide) groups is 1. The predicted octanol–water partition coefficient (Wildman–Crippen LogP) is 15.0. The Morgan fingerprint density at radius 2 is 1.20 bits per heavy atom. The molecule has 0 bridgehead atoms. The van der Waals surface area contributed by atoms with Crippen molar-refractivity contribution in [3.05, 3.63) is 266 Å². The topological polar surface area (TPSA) is 326 Å². The molecule has 2 amide bonds. The lowest BCUT2D eigenvalue weighted by molar-refractivity contribution is -0.120. The van der Waals surface area contributed by atoms with E-state index in [1.807, 2.05) is 132 Å². The van der Waals surface area contributed by atoms with Crippen LogP contribution in [0.1, 0.15) is 41.9 Å². The van der Waals surface area contributed by atoms with Crippen LogP contribution in [0.25, 0.3) is 84.4 Å². The lowest BCUT2D eigenvalue weighted by atomic mass is 10.0. The number of phenolic OH excluding ortho intramolecular Hbond substituents is 1. The number of imidazole rings is 1. The van der Waals surface area contributed by atoms with Gasteiger partial charge in [0, 0.05) is 123 Å². The fourth-order valence-electron chi connectivity index (χ4n) is 16.0. The number of benzene rings is 7. The third kappa shape index (κ3) is 20.2. The molecule has 674 valence electrons. The van der Waals surface area contributed by atoms with Crippen LogP contribution in [0.3, 0.4) is 0 Å². The molecular formula is C96H89ClF2N18O13S2. The number of ether oxygens (including phenoxy) is 6. The highest BCUT2D eigenvalue weighted by atomic mass is 35.5. The quantitative estimate of drug-likeness (QED) is 0.0672. The number of aromatic hydroxyl groups is 1. The summed E-state index contributed by atoms with van der Waals surface area (Å²) in [7, 11) is 0. The van der Waals surface area contributed by atoms with E-state index in [0.29, 0.717) is 186 Å². The number of carbonyl (C=O) groups is 2. The zero-order valence-corrected chi connectivity index (χ0v) is 74.1. The van der Waals surface area contributed by atoms with E-state index >= 15 is 0 Å². The summed E-state index contributed by atoms with van der Waals surface area (Å²) in [5.74, 6) is 3.63. The van der Waals surface area contributed by atoms with Gasteiger partial charge in [-0.25, -0.2) is 33.7 Å². The molecule has 0 spiro atoms. The Hall–Kier alpha value is -13.9. The number of morpholine rings is 5. The molecule has 3 N–H and O–H groups in total. The highest BCUT2D eigenvalue weighted by Crippen LogP contribution is 2.42. The molecule has 1 unspecified atom stereocenters. The molecule has 7 aliphatic rings. The fourth-order valence-corrected chi connectivity index (χ4v) is 17.2. The first-order valence-electron chi connectivity index (χ1n) is 43.0. The van der Waals surface area contributed by atoms with Crippen LogP contribution >= 0.6 is 35.6 Å². The number of aryl methyl sites for hydroxylation is 1. The molecule has 7 aliphatic heterocycles. The van der Waals surface area contributed by atoms with Crippen LogP contribution in [0.5, 0.6) is 11.5 Å². The Labute approximate surface area is 769 Å². The number of amides is 2. The van der Waals surface area contributed by atoms with Gasteiger partial charge in [-0.1, -0.05) is 127 Å². The summed E-state index contributed by atoms with van der Waals surface area (Å²) < 4.78 is 75.9. The number of carbonyl (C=O) groups excluding carboxylic acids is 2. The van der Waals surface area contributed by atoms with Gasteiger partial charge >= 0.3 is 0 Å². The van der Waals surface area contributed by atoms with Crippen LogP contribution in [-0.4, -0.2) is 208 Å². The van der Waals surface area contributed by atoms with Crippen molar-refractivity contribution in [3.63, 3.8) is 0 Å². The molecule has 0 aliphatic carbocycles. The van der Waals surface area contributed by atoms with Gasteiger partial charge in [0.2, 0.25) is 23.6 Å². The van der Waals surface area contributed by atoms with Gasteiger partial charge in [0.05, 0.1) is 105 Å². The molecule has 31 nitrogen and oxygen atoms in total. The fraction of sp³-hybridized carbons (Fsp3) is 0.260. The molecule has 15 aromatic rings. The molecule has 36 heteroatoms. The van der Waals surface area contributed by atoms with Crippen molar-refractivity contribution in [3.8, 4) is 40.0 Å². The van der Waals surface area contributed by atoms with Gasteiger partial charge in [-0.15, -0.1) is 0 Å². The zero-order valence-electron chi connectivity index (χ0n) is 71.7. The lowest BCUT2D eigenvalue weighted by Gasteiger charge is -2.30. The smallest absolute Gasteiger partial charge is 0.296 e. The van der Waals surface area contributed by atoms with E-state index in [1.54, 1.807) is 107 Å². The predicted molar refractivity (Wildman–Crippen MR) is 508 cm³/mol. The van der Waals surface area contributed by atoms with Gasteiger partial charge in [0.15, 0.2) is 41.0 Å². The van der Waals surface area contributed by atoms with Crippen LogP contribution in [0, 0.1) is 6.92 Å². The number of phenols is 1. The van der Waals surface area contributed by atoms with Crippen molar-refractivity contribution in [2.75, 3.05) is 173 Å². The summed E-state index contributed by atoms with van der Waals surface area (Å²) in [6.07, 6.45) is 2.52. The van der Waals surface area contributed by atoms with Gasteiger partial charge in [-0.3, -0.25) is 33.0 Å². The van der Waals surface area contributed by atoms with Crippen molar-refractivity contribution < 1.29 is 60.7 Å². The first-order chi connectivity index (χ1) is 64.4. The average Bonchev–Trinajstić information content (AvgIpc) is 1.67. The van der Waals surface area contributed by atoms with Crippen LogP contribution < -0.4 is 55.8 Å². The molecule has 132 heavy (non-hydrogen) atoms. The van der Waals surface area contributed by atoms with Crippen molar-refractivity contribution in [2.24, 2.45) is 0 Å². The number of hydrogen-bond donors (Lipinski definition) is 3. The van der Waals surface area contributed by atoms with Crippen molar-refractivity contribution in [1.29, 1.82) is 0 Å². The van der Waals surface area contributed by atoms with E-state index in [1.165, 1.54) is 16.3 Å². The lowest BCUT2D eigenvalue weighted by Crippen LogP contribution is -2.40. The Kier molecular flexibility index (Phi) is 27.3. The van der Waals surface area contributed by atoms with Crippen LogP contribution in [0.2, 0.25) is 5.02 Å². The van der Waals surface area contributed by atoms with E-state index in [-0.39, 0.29) is 53.0 Å². The number of nitrogens with one attached hydrogen (secondary N) is 2.